The van der Waals surface area contributed by atoms with Crippen LogP contribution in [0, 0.1) is 0 Å². The molecule has 0 aliphatic carbocycles. The predicted molar refractivity (Wildman–Crippen MR) is 80.2 cm³/mol. The van der Waals surface area contributed by atoms with Gasteiger partial charge < -0.3 is 19.9 Å². The van der Waals surface area contributed by atoms with Gasteiger partial charge in [0.05, 0.1) is 25.0 Å². The average molecular weight is 287 g/mol. The van der Waals surface area contributed by atoms with Gasteiger partial charge in [0, 0.05) is 0 Å². The highest BCUT2D eigenvalue weighted by molar-refractivity contribution is 6.07. The molecule has 21 heavy (non-hydrogen) atoms. The Labute approximate surface area is 123 Å². The maximum absolute atomic E-state index is 12.3. The van der Waals surface area contributed by atoms with E-state index in [4.69, 9.17) is 9.47 Å². The van der Waals surface area contributed by atoms with Gasteiger partial charge in [-0.05, 0) is 37.3 Å². The van der Waals surface area contributed by atoms with Crippen LogP contribution in [0.3, 0.4) is 0 Å². The van der Waals surface area contributed by atoms with E-state index in [1.54, 1.807) is 24.3 Å². The summed E-state index contributed by atoms with van der Waals surface area (Å²) in [5.74, 6) is 0.535. The van der Waals surface area contributed by atoms with Crippen molar-refractivity contribution in [1.29, 1.82) is 0 Å². The number of ether oxygens (including phenoxy) is 2. The number of aromatic hydroxyl groups is 1. The molecule has 2 aromatic carbocycles. The molecule has 0 saturated carbocycles. The zero-order valence-electron chi connectivity index (χ0n) is 11.9. The third kappa shape index (κ3) is 3.45. The highest BCUT2D eigenvalue weighted by Gasteiger charge is 2.14. The van der Waals surface area contributed by atoms with Gasteiger partial charge >= 0.3 is 0 Å². The molecule has 0 aromatic heterocycles. The number of hydrogen-bond acceptors (Lipinski definition) is 4. The first kappa shape index (κ1) is 14.7. The van der Waals surface area contributed by atoms with Crippen LogP contribution >= 0.6 is 0 Å². The van der Waals surface area contributed by atoms with Crippen molar-refractivity contribution in [3.05, 3.63) is 48.0 Å². The van der Waals surface area contributed by atoms with E-state index in [9.17, 15) is 9.90 Å². The van der Waals surface area contributed by atoms with Gasteiger partial charge in [-0.3, -0.25) is 4.79 Å². The Morgan fingerprint density at radius 1 is 1.24 bits per heavy atom. The lowest BCUT2D eigenvalue weighted by Gasteiger charge is -2.12. The summed E-state index contributed by atoms with van der Waals surface area (Å²) < 4.78 is 10.5. The summed E-state index contributed by atoms with van der Waals surface area (Å²) in [6, 6.07) is 11.6. The van der Waals surface area contributed by atoms with E-state index in [0.717, 1.165) is 0 Å². The predicted octanol–water partition coefficient (Wildman–Crippen LogP) is 3.05. The van der Waals surface area contributed by atoms with Crippen molar-refractivity contribution in [2.45, 2.75) is 6.92 Å². The first-order valence-corrected chi connectivity index (χ1v) is 6.56. The zero-order valence-corrected chi connectivity index (χ0v) is 11.9. The van der Waals surface area contributed by atoms with Crippen LogP contribution in [0.5, 0.6) is 17.2 Å². The van der Waals surface area contributed by atoms with Gasteiger partial charge in [0.2, 0.25) is 0 Å². The fourth-order valence-electron chi connectivity index (χ4n) is 1.86. The highest BCUT2D eigenvalue weighted by Crippen LogP contribution is 2.27. The van der Waals surface area contributed by atoms with Crippen LogP contribution in [0.15, 0.2) is 42.5 Å². The minimum atomic E-state index is -0.432. The molecule has 0 aliphatic rings. The molecule has 2 N–H and O–H groups in total. The van der Waals surface area contributed by atoms with Crippen LogP contribution < -0.4 is 14.8 Å². The van der Waals surface area contributed by atoms with Gasteiger partial charge in [-0.15, -0.1) is 0 Å². The summed E-state index contributed by atoms with van der Waals surface area (Å²) >= 11 is 0. The average Bonchev–Trinajstić information content (AvgIpc) is 2.50. The third-order valence-electron chi connectivity index (χ3n) is 2.88. The number of rotatable bonds is 5. The molecule has 110 valence electrons. The number of benzene rings is 2. The smallest absolute Gasteiger partial charge is 0.259 e. The standard InChI is InChI=1S/C16H17NO4/c1-3-21-15-7-5-4-6-13(15)17-16(19)12-10-11(20-2)8-9-14(12)18/h4-10,18H,3H2,1-2H3,(H,17,19). The van der Waals surface area contributed by atoms with Gasteiger partial charge in [0.1, 0.15) is 17.2 Å². The molecule has 5 heteroatoms. The van der Waals surface area contributed by atoms with Crippen LogP contribution in [-0.4, -0.2) is 24.7 Å². The molecule has 2 aromatic rings. The largest absolute Gasteiger partial charge is 0.507 e. The van der Waals surface area contributed by atoms with Crippen LogP contribution in [0.2, 0.25) is 0 Å². The topological polar surface area (TPSA) is 67.8 Å². The maximum Gasteiger partial charge on any atom is 0.259 e. The van der Waals surface area contributed by atoms with E-state index >= 15 is 0 Å². The minimum absolute atomic E-state index is 0.109. The number of hydrogen-bond donors (Lipinski definition) is 2. The summed E-state index contributed by atoms with van der Waals surface area (Å²) in [4.78, 5) is 12.3. The quantitative estimate of drug-likeness (QED) is 0.887. The molecule has 0 radical (unpaired) electrons. The Balaban J connectivity index is 2.26. The second-order valence-corrected chi connectivity index (χ2v) is 4.27. The molecule has 2 rings (SSSR count). The number of nitrogens with one attached hydrogen (secondary N) is 1. The van der Waals surface area contributed by atoms with Crippen LogP contribution in [0.4, 0.5) is 5.69 Å². The minimum Gasteiger partial charge on any atom is -0.507 e. The number of methoxy groups -OCH3 is 1. The summed E-state index contributed by atoms with van der Waals surface area (Å²) in [5, 5.41) is 12.5. The van der Waals surface area contributed by atoms with Crippen molar-refractivity contribution in [3.8, 4) is 17.2 Å². The molecular formula is C16H17NO4. The van der Waals surface area contributed by atoms with Gasteiger partial charge in [-0.2, -0.15) is 0 Å². The molecule has 5 nitrogen and oxygen atoms in total. The number of phenolic OH excluding ortho intramolecular Hbond substituents is 1. The first-order chi connectivity index (χ1) is 10.2. The number of para-hydroxylation sites is 2. The lowest BCUT2D eigenvalue weighted by Crippen LogP contribution is -2.13. The van der Waals surface area contributed by atoms with Gasteiger partial charge in [0.15, 0.2) is 0 Å². The van der Waals surface area contributed by atoms with Crippen molar-refractivity contribution in [2.75, 3.05) is 19.0 Å². The van der Waals surface area contributed by atoms with Crippen LogP contribution in [0.1, 0.15) is 17.3 Å². The van der Waals surface area contributed by atoms with E-state index in [-0.39, 0.29) is 11.3 Å². The Kier molecular flexibility index (Phi) is 4.66. The summed E-state index contributed by atoms with van der Waals surface area (Å²) in [7, 11) is 1.50. The number of phenols is 1. The third-order valence-corrected chi connectivity index (χ3v) is 2.88. The molecule has 0 bridgehead atoms. The van der Waals surface area contributed by atoms with Crippen molar-refractivity contribution in [1.82, 2.24) is 0 Å². The molecule has 0 atom stereocenters. The Bertz CT molecular complexity index is 640. The van der Waals surface area contributed by atoms with Gasteiger partial charge in [-0.1, -0.05) is 12.1 Å². The molecule has 0 heterocycles. The van der Waals surface area contributed by atoms with E-state index in [0.29, 0.717) is 23.8 Å². The number of carbonyl (C=O) groups excluding carboxylic acids is 1. The highest BCUT2D eigenvalue weighted by atomic mass is 16.5. The molecule has 0 spiro atoms. The second-order valence-electron chi connectivity index (χ2n) is 4.27. The Morgan fingerprint density at radius 2 is 2.00 bits per heavy atom. The summed E-state index contributed by atoms with van der Waals surface area (Å²) in [6.45, 7) is 2.36. The molecule has 0 fully saturated rings. The fourth-order valence-corrected chi connectivity index (χ4v) is 1.86. The van der Waals surface area contributed by atoms with Crippen molar-refractivity contribution < 1.29 is 19.4 Å². The number of carbonyl (C=O) groups is 1. The van der Waals surface area contributed by atoms with Crippen molar-refractivity contribution in [2.24, 2.45) is 0 Å². The zero-order chi connectivity index (χ0) is 15.2. The molecule has 0 unspecified atom stereocenters. The van der Waals surface area contributed by atoms with Crippen molar-refractivity contribution in [3.63, 3.8) is 0 Å². The maximum atomic E-state index is 12.3. The lowest BCUT2D eigenvalue weighted by atomic mass is 10.1. The molecule has 0 aliphatic heterocycles. The molecular weight excluding hydrogens is 270 g/mol. The van der Waals surface area contributed by atoms with Crippen LogP contribution in [-0.2, 0) is 0 Å². The van der Waals surface area contributed by atoms with Gasteiger partial charge in [-0.25, -0.2) is 0 Å². The summed E-state index contributed by atoms with van der Waals surface area (Å²) in [5.41, 5.74) is 0.687. The second kappa shape index (κ2) is 6.65. The number of amides is 1. The van der Waals surface area contributed by atoms with Crippen LogP contribution in [0.25, 0.3) is 0 Å². The van der Waals surface area contributed by atoms with E-state index < -0.39 is 5.91 Å². The number of anilines is 1. The van der Waals surface area contributed by atoms with E-state index in [1.807, 2.05) is 13.0 Å². The first-order valence-electron chi connectivity index (χ1n) is 6.56. The Hall–Kier alpha value is -2.69. The van der Waals surface area contributed by atoms with E-state index in [2.05, 4.69) is 5.32 Å². The SMILES string of the molecule is CCOc1ccccc1NC(=O)c1cc(OC)ccc1O. The lowest BCUT2D eigenvalue weighted by molar-refractivity contribution is 0.102. The Morgan fingerprint density at radius 3 is 2.71 bits per heavy atom. The summed E-state index contributed by atoms with van der Waals surface area (Å²) in [6.07, 6.45) is 0. The fraction of sp³-hybridized carbons (Fsp3) is 0.188. The van der Waals surface area contributed by atoms with E-state index in [1.165, 1.54) is 19.2 Å². The van der Waals surface area contributed by atoms with Crippen molar-refractivity contribution >= 4 is 11.6 Å². The monoisotopic (exact) mass is 287 g/mol. The van der Waals surface area contributed by atoms with Gasteiger partial charge in [0.25, 0.3) is 5.91 Å². The molecule has 0 saturated heterocycles. The molecule has 1 amide bonds. The normalized spacial score (nSPS) is 10.0.